The Labute approximate surface area is 113 Å². The minimum absolute atomic E-state index is 0.0168. The smallest absolute Gasteiger partial charge is 0.391 e. The summed E-state index contributed by atoms with van der Waals surface area (Å²) in [4.78, 5) is 0. The first kappa shape index (κ1) is 16.1. The summed E-state index contributed by atoms with van der Waals surface area (Å²) in [5.41, 5.74) is 6.46. The van der Waals surface area contributed by atoms with Crippen LogP contribution in [0.5, 0.6) is 5.75 Å². The molecule has 1 aromatic rings. The van der Waals surface area contributed by atoms with Crippen molar-refractivity contribution in [1.29, 1.82) is 0 Å². The minimum Gasteiger partial charge on any atom is -0.496 e. The monoisotopic (exact) mass is 292 g/mol. The maximum absolute atomic E-state index is 11.9. The van der Waals surface area contributed by atoms with E-state index in [1.807, 2.05) is 0 Å². The van der Waals surface area contributed by atoms with Crippen molar-refractivity contribution in [3.8, 4) is 5.75 Å². The van der Waals surface area contributed by atoms with Crippen LogP contribution in [-0.4, -0.2) is 30.9 Å². The molecular weight excluding hydrogens is 277 g/mol. The van der Waals surface area contributed by atoms with E-state index in [9.17, 15) is 13.2 Å². The summed E-state index contributed by atoms with van der Waals surface area (Å²) in [5.74, 6) is 0.226. The molecule has 0 radical (unpaired) electrons. The molecule has 0 atom stereocenters. The summed E-state index contributed by atoms with van der Waals surface area (Å²) in [6.45, 7) is -0.392. The van der Waals surface area contributed by atoms with Gasteiger partial charge in [-0.1, -0.05) is 11.2 Å². The molecule has 112 valence electrons. The lowest BCUT2D eigenvalue weighted by atomic mass is 10.1. The molecule has 0 bridgehead atoms. The van der Waals surface area contributed by atoms with Gasteiger partial charge in [-0.3, -0.25) is 0 Å². The largest absolute Gasteiger partial charge is 0.496 e. The maximum Gasteiger partial charge on any atom is 0.391 e. The Morgan fingerprint density at radius 1 is 1.40 bits per heavy atom. The highest BCUT2D eigenvalue weighted by Gasteiger charge is 2.26. The molecule has 3 N–H and O–H groups in total. The standard InChI is InChI=1S/C12H15F3N2O3/c1-19-10-6-8(2-3-9(10)11(16)17-18)7-20-5-4-12(13,14)15/h2-3,6,18H,4-5,7H2,1H3,(H2,16,17). The van der Waals surface area contributed by atoms with Crippen LogP contribution in [0.3, 0.4) is 0 Å². The predicted molar refractivity (Wildman–Crippen MR) is 65.8 cm³/mol. The second-order valence-electron chi connectivity index (χ2n) is 3.94. The number of nitrogens with two attached hydrogens (primary N) is 1. The van der Waals surface area contributed by atoms with Crippen molar-refractivity contribution in [2.24, 2.45) is 10.9 Å². The fourth-order valence-electron chi connectivity index (χ4n) is 1.47. The number of benzene rings is 1. The van der Waals surface area contributed by atoms with Gasteiger partial charge in [-0.25, -0.2) is 0 Å². The lowest BCUT2D eigenvalue weighted by Gasteiger charge is -2.11. The van der Waals surface area contributed by atoms with E-state index in [-0.39, 0.29) is 12.4 Å². The first-order chi connectivity index (χ1) is 9.37. The number of halogens is 3. The maximum atomic E-state index is 11.9. The lowest BCUT2D eigenvalue weighted by Crippen LogP contribution is -2.14. The Morgan fingerprint density at radius 3 is 2.65 bits per heavy atom. The topological polar surface area (TPSA) is 77.1 Å². The predicted octanol–water partition coefficient (Wildman–Crippen LogP) is 2.26. The van der Waals surface area contributed by atoms with Crippen LogP contribution < -0.4 is 10.5 Å². The number of alkyl halides is 3. The Bertz CT molecular complexity index is 476. The molecule has 0 amide bonds. The molecule has 1 rings (SSSR count). The van der Waals surface area contributed by atoms with E-state index in [0.29, 0.717) is 16.9 Å². The molecule has 8 heteroatoms. The molecule has 5 nitrogen and oxygen atoms in total. The second kappa shape index (κ2) is 6.99. The number of ether oxygens (including phenoxy) is 2. The van der Waals surface area contributed by atoms with Crippen LogP contribution in [0.2, 0.25) is 0 Å². The highest BCUT2D eigenvalue weighted by Crippen LogP contribution is 2.22. The average molecular weight is 292 g/mol. The van der Waals surface area contributed by atoms with Gasteiger partial charge < -0.3 is 20.4 Å². The van der Waals surface area contributed by atoms with Crippen molar-refractivity contribution >= 4 is 5.84 Å². The molecule has 1 aromatic carbocycles. The molecule has 0 aliphatic rings. The van der Waals surface area contributed by atoms with E-state index in [1.165, 1.54) is 13.2 Å². The van der Waals surface area contributed by atoms with Crippen LogP contribution in [-0.2, 0) is 11.3 Å². The third-order valence-electron chi connectivity index (χ3n) is 2.45. The van der Waals surface area contributed by atoms with Crippen molar-refractivity contribution in [2.75, 3.05) is 13.7 Å². The number of oxime groups is 1. The molecule has 0 unspecified atom stereocenters. The zero-order valence-electron chi connectivity index (χ0n) is 10.8. The molecule has 0 saturated carbocycles. The van der Waals surface area contributed by atoms with Gasteiger partial charge in [0.2, 0.25) is 0 Å². The highest BCUT2D eigenvalue weighted by atomic mass is 19.4. The Hall–Kier alpha value is -1.96. The number of hydrogen-bond acceptors (Lipinski definition) is 4. The van der Waals surface area contributed by atoms with E-state index < -0.39 is 19.2 Å². The van der Waals surface area contributed by atoms with Gasteiger partial charge in [0.25, 0.3) is 0 Å². The van der Waals surface area contributed by atoms with Crippen LogP contribution in [0.1, 0.15) is 17.5 Å². The van der Waals surface area contributed by atoms with Crippen molar-refractivity contribution in [3.05, 3.63) is 29.3 Å². The number of methoxy groups -OCH3 is 1. The summed E-state index contributed by atoms with van der Waals surface area (Å²) in [6.07, 6.45) is -5.22. The van der Waals surface area contributed by atoms with Gasteiger partial charge in [-0.05, 0) is 17.7 Å². The van der Waals surface area contributed by atoms with E-state index in [4.69, 9.17) is 20.4 Å². The molecule has 20 heavy (non-hydrogen) atoms. The number of amidine groups is 1. The van der Waals surface area contributed by atoms with Crippen LogP contribution in [0.25, 0.3) is 0 Å². The van der Waals surface area contributed by atoms with Crippen LogP contribution >= 0.6 is 0 Å². The number of hydrogen-bond donors (Lipinski definition) is 2. The summed E-state index contributed by atoms with van der Waals surface area (Å²) in [5, 5.41) is 11.5. The molecule has 0 aliphatic carbocycles. The van der Waals surface area contributed by atoms with E-state index >= 15 is 0 Å². The zero-order valence-corrected chi connectivity index (χ0v) is 10.8. The molecular formula is C12H15F3N2O3. The third-order valence-corrected chi connectivity index (χ3v) is 2.45. The van der Waals surface area contributed by atoms with Gasteiger partial charge in [0.15, 0.2) is 5.84 Å². The summed E-state index contributed by atoms with van der Waals surface area (Å²) >= 11 is 0. The molecule has 0 aliphatic heterocycles. The van der Waals surface area contributed by atoms with E-state index in [0.717, 1.165) is 0 Å². The van der Waals surface area contributed by atoms with Gasteiger partial charge >= 0.3 is 6.18 Å². The van der Waals surface area contributed by atoms with Crippen molar-refractivity contribution in [2.45, 2.75) is 19.2 Å². The Kier molecular flexibility index (Phi) is 5.63. The molecule has 0 heterocycles. The van der Waals surface area contributed by atoms with Gasteiger partial charge in [-0.15, -0.1) is 0 Å². The van der Waals surface area contributed by atoms with Crippen LogP contribution in [0, 0.1) is 0 Å². The van der Waals surface area contributed by atoms with Crippen molar-refractivity contribution < 1.29 is 27.9 Å². The fourth-order valence-corrected chi connectivity index (χ4v) is 1.47. The number of nitrogens with zero attached hydrogens (tertiary/aromatic N) is 1. The van der Waals surface area contributed by atoms with Crippen LogP contribution in [0.4, 0.5) is 13.2 Å². The first-order valence-corrected chi connectivity index (χ1v) is 5.66. The number of rotatable bonds is 6. The average Bonchev–Trinajstić information content (AvgIpc) is 2.41. The van der Waals surface area contributed by atoms with Crippen LogP contribution in [0.15, 0.2) is 23.4 Å². The third kappa shape index (κ3) is 4.96. The molecule has 0 aromatic heterocycles. The van der Waals surface area contributed by atoms with E-state index in [2.05, 4.69) is 5.16 Å². The summed E-state index contributed by atoms with van der Waals surface area (Å²) in [7, 11) is 1.40. The quantitative estimate of drug-likeness (QED) is 0.277. The van der Waals surface area contributed by atoms with Crippen molar-refractivity contribution in [3.63, 3.8) is 0 Å². The normalized spacial score (nSPS) is 12.5. The van der Waals surface area contributed by atoms with Gasteiger partial charge in [0.1, 0.15) is 5.75 Å². The lowest BCUT2D eigenvalue weighted by molar-refractivity contribution is -0.146. The molecule has 0 fully saturated rings. The van der Waals surface area contributed by atoms with Gasteiger partial charge in [0, 0.05) is 0 Å². The second-order valence-corrected chi connectivity index (χ2v) is 3.94. The summed E-state index contributed by atoms with van der Waals surface area (Å²) < 4.78 is 45.8. The van der Waals surface area contributed by atoms with E-state index in [1.54, 1.807) is 12.1 Å². The summed E-state index contributed by atoms with van der Waals surface area (Å²) in [6, 6.07) is 4.70. The van der Waals surface area contributed by atoms with Gasteiger partial charge in [-0.2, -0.15) is 13.2 Å². The Morgan fingerprint density at radius 2 is 2.10 bits per heavy atom. The molecule has 0 spiro atoms. The Balaban J connectivity index is 2.65. The fraction of sp³-hybridized carbons (Fsp3) is 0.417. The SMILES string of the molecule is COc1cc(COCCC(F)(F)F)ccc1/C(N)=N/O. The van der Waals surface area contributed by atoms with Gasteiger partial charge in [0.05, 0.1) is 32.3 Å². The minimum atomic E-state index is -4.23. The molecule has 0 saturated heterocycles. The highest BCUT2D eigenvalue weighted by molar-refractivity contribution is 5.99. The first-order valence-electron chi connectivity index (χ1n) is 5.66. The van der Waals surface area contributed by atoms with Crippen molar-refractivity contribution in [1.82, 2.24) is 0 Å². The zero-order chi connectivity index (χ0) is 15.2.